The molecule has 7 rings (SSSR count). The number of hydrogen-bond acceptors (Lipinski definition) is 9. The number of alkyl halides is 2. The number of morpholine rings is 1. The van der Waals surface area contributed by atoms with E-state index in [9.17, 15) is 13.6 Å². The SMILES string of the molecule is COc1nc(N2CCN(C(=O)/C=C/CN3[C@@H]4CC[C@H]3COC4)C3(COC3)C2)c2cnc(-c3ccccc3C(F)F)c(F)c2n1. The van der Waals surface area contributed by atoms with Crippen molar-refractivity contribution in [3.8, 4) is 17.3 Å². The predicted molar refractivity (Wildman–Crippen MR) is 155 cm³/mol. The predicted octanol–water partition coefficient (Wildman–Crippen LogP) is 3.61. The van der Waals surface area contributed by atoms with Crippen molar-refractivity contribution in [2.24, 2.45) is 0 Å². The van der Waals surface area contributed by atoms with Crippen molar-refractivity contribution in [3.05, 3.63) is 54.0 Å². The van der Waals surface area contributed by atoms with Crippen LogP contribution in [0.25, 0.3) is 22.2 Å². The Kier molecular flexibility index (Phi) is 7.63. The Balaban J connectivity index is 1.15. The average Bonchev–Trinajstić information content (AvgIpc) is 3.23. The lowest BCUT2D eigenvalue weighted by molar-refractivity contribution is -0.164. The highest BCUT2D eigenvalue weighted by atomic mass is 19.3. The lowest BCUT2D eigenvalue weighted by Gasteiger charge is -2.55. The van der Waals surface area contributed by atoms with Crippen molar-refractivity contribution in [1.29, 1.82) is 0 Å². The van der Waals surface area contributed by atoms with E-state index in [2.05, 4.69) is 19.9 Å². The number of piperazine rings is 1. The molecule has 0 aliphatic carbocycles. The lowest BCUT2D eigenvalue weighted by Crippen LogP contribution is -2.72. The molecule has 2 atom stereocenters. The fourth-order valence-electron chi connectivity index (χ4n) is 6.91. The van der Waals surface area contributed by atoms with E-state index in [0.717, 1.165) is 26.1 Å². The van der Waals surface area contributed by atoms with E-state index in [4.69, 9.17) is 14.2 Å². The fourth-order valence-corrected chi connectivity index (χ4v) is 6.91. The van der Waals surface area contributed by atoms with Crippen LogP contribution in [0.15, 0.2) is 42.6 Å². The van der Waals surface area contributed by atoms with Crippen LogP contribution in [0.2, 0.25) is 0 Å². The molecule has 0 unspecified atom stereocenters. The van der Waals surface area contributed by atoms with Crippen molar-refractivity contribution >= 4 is 22.6 Å². The molecule has 1 aromatic carbocycles. The van der Waals surface area contributed by atoms with Crippen LogP contribution >= 0.6 is 0 Å². The summed E-state index contributed by atoms with van der Waals surface area (Å²) in [5.41, 5.74) is -1.22. The second-order valence-corrected chi connectivity index (χ2v) is 11.8. The minimum Gasteiger partial charge on any atom is -0.467 e. The Morgan fingerprint density at radius 3 is 2.61 bits per heavy atom. The number of benzene rings is 1. The molecule has 13 heteroatoms. The van der Waals surface area contributed by atoms with Gasteiger partial charge in [0.25, 0.3) is 6.43 Å². The largest absolute Gasteiger partial charge is 0.467 e. The molecule has 6 heterocycles. The number of methoxy groups -OCH3 is 1. The summed E-state index contributed by atoms with van der Waals surface area (Å²) in [5, 5.41) is 0.316. The van der Waals surface area contributed by atoms with Crippen molar-refractivity contribution in [2.45, 2.75) is 36.9 Å². The Labute approximate surface area is 252 Å². The number of rotatable bonds is 7. The van der Waals surface area contributed by atoms with Crippen LogP contribution in [0.3, 0.4) is 0 Å². The number of aromatic nitrogens is 3. The molecular formula is C31H33F3N6O4. The number of nitrogens with zero attached hydrogens (tertiary/aromatic N) is 6. The summed E-state index contributed by atoms with van der Waals surface area (Å²) in [6, 6.07) is 6.45. The molecule has 10 nitrogen and oxygen atoms in total. The van der Waals surface area contributed by atoms with Crippen molar-refractivity contribution in [3.63, 3.8) is 0 Å². The number of hydrogen-bond donors (Lipinski definition) is 0. The summed E-state index contributed by atoms with van der Waals surface area (Å²) >= 11 is 0. The van der Waals surface area contributed by atoms with Crippen LogP contribution in [-0.2, 0) is 14.3 Å². The van der Waals surface area contributed by atoms with Gasteiger partial charge in [-0.2, -0.15) is 9.97 Å². The summed E-state index contributed by atoms with van der Waals surface area (Å²) in [6.45, 7) is 4.13. The summed E-state index contributed by atoms with van der Waals surface area (Å²) in [6.07, 6.45) is 4.46. The molecule has 2 aromatic heterocycles. The third-order valence-corrected chi connectivity index (χ3v) is 9.20. The smallest absolute Gasteiger partial charge is 0.318 e. The summed E-state index contributed by atoms with van der Waals surface area (Å²) in [5.74, 6) is -0.524. The zero-order valence-corrected chi connectivity index (χ0v) is 24.3. The van der Waals surface area contributed by atoms with Gasteiger partial charge in [-0.15, -0.1) is 0 Å². The molecular weight excluding hydrogens is 577 g/mol. The van der Waals surface area contributed by atoms with E-state index in [0.29, 0.717) is 62.7 Å². The number of carbonyl (C=O) groups excluding carboxylic acids is 1. The zero-order valence-electron chi connectivity index (χ0n) is 24.3. The normalized spacial score (nSPS) is 23.2. The molecule has 1 amide bonds. The number of pyridine rings is 1. The first kappa shape index (κ1) is 28.9. The molecule has 232 valence electrons. The molecule has 4 aliphatic heterocycles. The second kappa shape index (κ2) is 11.6. The van der Waals surface area contributed by atoms with Crippen LogP contribution in [0.5, 0.6) is 6.01 Å². The summed E-state index contributed by atoms with van der Waals surface area (Å²) < 4.78 is 60.0. The molecule has 0 saturated carbocycles. The first-order valence-electron chi connectivity index (χ1n) is 14.8. The molecule has 4 aliphatic rings. The highest BCUT2D eigenvalue weighted by Crippen LogP contribution is 2.38. The van der Waals surface area contributed by atoms with Gasteiger partial charge in [-0.1, -0.05) is 30.3 Å². The highest BCUT2D eigenvalue weighted by Gasteiger charge is 2.50. The standard InChI is InChI=1S/C31H33F3N6O4/c1-42-30-36-27-23(13-35-26(25(27)32)21-5-2-3-6-22(21)28(33)34)29(37-30)38-11-12-40(31(16-38)17-44-18-31)24(41)7-4-10-39-19-8-9-20(39)15-43-14-19/h2-7,13,19-20,28H,8-12,14-18H2,1H3/b7-4+/t19-,20+. The molecule has 3 aromatic rings. The van der Waals surface area contributed by atoms with Crippen molar-refractivity contribution in [2.75, 3.05) is 64.6 Å². The fraction of sp³-hybridized carbons (Fsp3) is 0.484. The minimum absolute atomic E-state index is 0.00643. The van der Waals surface area contributed by atoms with E-state index in [1.165, 1.54) is 31.5 Å². The second-order valence-electron chi connectivity index (χ2n) is 11.8. The number of halogens is 3. The zero-order chi connectivity index (χ0) is 30.4. The van der Waals surface area contributed by atoms with Gasteiger partial charge in [0.05, 0.1) is 38.9 Å². The average molecular weight is 611 g/mol. The maximum Gasteiger partial charge on any atom is 0.318 e. The van der Waals surface area contributed by atoms with Crippen LogP contribution in [-0.4, -0.2) is 108 Å². The van der Waals surface area contributed by atoms with Gasteiger partial charge in [-0.05, 0) is 12.8 Å². The first-order chi connectivity index (χ1) is 21.4. The third-order valence-electron chi connectivity index (χ3n) is 9.20. The summed E-state index contributed by atoms with van der Waals surface area (Å²) in [4.78, 5) is 32.7. The van der Waals surface area contributed by atoms with Gasteiger partial charge in [0.1, 0.15) is 22.6 Å². The molecule has 2 bridgehead atoms. The third kappa shape index (κ3) is 4.96. The van der Waals surface area contributed by atoms with Crippen molar-refractivity contribution in [1.82, 2.24) is 24.8 Å². The number of fused-ring (bicyclic) bond motifs is 3. The van der Waals surface area contributed by atoms with E-state index in [1.807, 2.05) is 15.9 Å². The van der Waals surface area contributed by atoms with Crippen LogP contribution in [0, 0.1) is 5.82 Å². The van der Waals surface area contributed by atoms with Gasteiger partial charge >= 0.3 is 6.01 Å². The summed E-state index contributed by atoms with van der Waals surface area (Å²) in [7, 11) is 1.38. The topological polar surface area (TPSA) is 93.2 Å². The van der Waals surface area contributed by atoms with Crippen molar-refractivity contribution < 1.29 is 32.2 Å². The van der Waals surface area contributed by atoms with E-state index < -0.39 is 17.8 Å². The molecule has 0 radical (unpaired) electrons. The van der Waals surface area contributed by atoms with Gasteiger partial charge < -0.3 is 24.0 Å². The first-order valence-corrected chi connectivity index (χ1v) is 14.8. The molecule has 44 heavy (non-hydrogen) atoms. The number of ether oxygens (including phenoxy) is 3. The molecule has 4 saturated heterocycles. The number of carbonyl (C=O) groups is 1. The van der Waals surface area contributed by atoms with Gasteiger partial charge in [0.2, 0.25) is 5.91 Å². The Morgan fingerprint density at radius 1 is 1.14 bits per heavy atom. The van der Waals surface area contributed by atoms with Crippen LogP contribution in [0.4, 0.5) is 19.0 Å². The van der Waals surface area contributed by atoms with E-state index in [1.54, 1.807) is 12.1 Å². The number of anilines is 1. The van der Waals surface area contributed by atoms with Gasteiger partial charge in [0, 0.05) is 61.7 Å². The molecule has 1 spiro atoms. The van der Waals surface area contributed by atoms with Gasteiger partial charge in [0.15, 0.2) is 5.82 Å². The quantitative estimate of drug-likeness (QED) is 0.372. The molecule has 4 fully saturated rings. The van der Waals surface area contributed by atoms with Crippen LogP contribution in [0.1, 0.15) is 24.8 Å². The van der Waals surface area contributed by atoms with E-state index in [-0.39, 0.29) is 34.3 Å². The number of amides is 1. The molecule has 0 N–H and O–H groups in total. The Bertz CT molecular complexity index is 1590. The Morgan fingerprint density at radius 2 is 1.91 bits per heavy atom. The van der Waals surface area contributed by atoms with Gasteiger partial charge in [-0.3, -0.25) is 14.7 Å². The minimum atomic E-state index is -2.80. The van der Waals surface area contributed by atoms with E-state index >= 15 is 4.39 Å². The lowest BCUT2D eigenvalue weighted by atomic mass is 9.91. The maximum atomic E-state index is 16.0. The van der Waals surface area contributed by atoms with Gasteiger partial charge in [-0.25, -0.2) is 13.2 Å². The highest BCUT2D eigenvalue weighted by molar-refractivity contribution is 5.93. The maximum absolute atomic E-state index is 16.0. The Hall–Kier alpha value is -3.81. The monoisotopic (exact) mass is 610 g/mol. The van der Waals surface area contributed by atoms with Crippen LogP contribution < -0.4 is 9.64 Å².